The zero-order chi connectivity index (χ0) is 19.0. The summed E-state index contributed by atoms with van der Waals surface area (Å²) in [6.45, 7) is 2.18. The van der Waals surface area contributed by atoms with E-state index in [-0.39, 0.29) is 17.7 Å². The molecule has 0 spiro atoms. The number of anilines is 1. The van der Waals surface area contributed by atoms with Crippen LogP contribution in [0.2, 0.25) is 0 Å². The minimum absolute atomic E-state index is 0.0383. The van der Waals surface area contributed by atoms with Crippen LogP contribution in [0.1, 0.15) is 11.6 Å². The number of benzene rings is 1. The standard InChI is InChI=1S/C19H24N6O2/c1-23-9-10-27-15(16(23)13-7-5-4-6-8-13)12-24(2)19-21-17-14(18(26)22-19)11-20-25(17)3/h4-8,11,15-16H,9-10,12H2,1-3H3,(H,21,22,26)/t15-,16-/m0/s1. The highest BCUT2D eigenvalue weighted by Gasteiger charge is 2.32. The van der Waals surface area contributed by atoms with Crippen molar-refractivity contribution in [3.05, 3.63) is 52.4 Å². The molecule has 3 aromatic rings. The van der Waals surface area contributed by atoms with Gasteiger partial charge in [-0.15, -0.1) is 0 Å². The third-order valence-corrected chi connectivity index (χ3v) is 5.15. The van der Waals surface area contributed by atoms with Crippen molar-refractivity contribution in [2.45, 2.75) is 12.1 Å². The second kappa shape index (κ2) is 7.13. The van der Waals surface area contributed by atoms with Crippen molar-refractivity contribution in [2.24, 2.45) is 7.05 Å². The molecular weight excluding hydrogens is 344 g/mol. The molecule has 2 atom stereocenters. The fourth-order valence-corrected chi connectivity index (χ4v) is 3.69. The van der Waals surface area contributed by atoms with E-state index in [1.165, 1.54) is 11.8 Å². The Balaban J connectivity index is 1.62. The molecule has 4 rings (SSSR count). The van der Waals surface area contributed by atoms with Crippen molar-refractivity contribution >= 4 is 17.0 Å². The Morgan fingerprint density at radius 2 is 2.07 bits per heavy atom. The van der Waals surface area contributed by atoms with Gasteiger partial charge in [-0.1, -0.05) is 30.3 Å². The van der Waals surface area contributed by atoms with Gasteiger partial charge in [-0.2, -0.15) is 10.1 Å². The Bertz CT molecular complexity index is 983. The van der Waals surface area contributed by atoms with Gasteiger partial charge >= 0.3 is 0 Å². The van der Waals surface area contributed by atoms with Crippen molar-refractivity contribution in [1.82, 2.24) is 24.6 Å². The minimum Gasteiger partial charge on any atom is -0.373 e. The van der Waals surface area contributed by atoms with Crippen LogP contribution in [0, 0.1) is 0 Å². The lowest BCUT2D eigenvalue weighted by atomic mass is 9.98. The van der Waals surface area contributed by atoms with Crippen molar-refractivity contribution in [3.8, 4) is 0 Å². The van der Waals surface area contributed by atoms with E-state index in [9.17, 15) is 4.79 Å². The molecule has 142 valence electrons. The lowest BCUT2D eigenvalue weighted by molar-refractivity contribution is -0.0581. The molecule has 1 aliphatic rings. The molecule has 1 N–H and O–H groups in total. The number of ether oxygens (including phenoxy) is 1. The summed E-state index contributed by atoms with van der Waals surface area (Å²) >= 11 is 0. The Hall–Kier alpha value is -2.71. The molecule has 1 aromatic carbocycles. The van der Waals surface area contributed by atoms with Gasteiger partial charge in [0.05, 0.1) is 24.9 Å². The molecule has 8 nitrogen and oxygen atoms in total. The Morgan fingerprint density at radius 1 is 1.30 bits per heavy atom. The van der Waals surface area contributed by atoms with Crippen LogP contribution in [-0.4, -0.2) is 64.5 Å². The third-order valence-electron chi connectivity index (χ3n) is 5.15. The first kappa shape index (κ1) is 17.7. The summed E-state index contributed by atoms with van der Waals surface area (Å²) in [7, 11) is 5.82. The highest BCUT2D eigenvalue weighted by molar-refractivity contribution is 5.74. The lowest BCUT2D eigenvalue weighted by Gasteiger charge is -2.40. The lowest BCUT2D eigenvalue weighted by Crippen LogP contribution is -2.48. The third kappa shape index (κ3) is 3.33. The van der Waals surface area contributed by atoms with E-state index in [4.69, 9.17) is 4.74 Å². The maximum absolute atomic E-state index is 12.3. The maximum atomic E-state index is 12.3. The number of fused-ring (bicyclic) bond motifs is 1. The first-order valence-electron chi connectivity index (χ1n) is 9.04. The molecule has 1 aliphatic heterocycles. The van der Waals surface area contributed by atoms with Crippen LogP contribution in [0.4, 0.5) is 5.95 Å². The molecule has 0 bridgehead atoms. The summed E-state index contributed by atoms with van der Waals surface area (Å²) in [6, 6.07) is 10.5. The molecule has 1 fully saturated rings. The number of nitrogens with zero attached hydrogens (tertiary/aromatic N) is 5. The quantitative estimate of drug-likeness (QED) is 0.745. The molecule has 2 aromatic heterocycles. The number of rotatable bonds is 4. The highest BCUT2D eigenvalue weighted by Crippen LogP contribution is 2.29. The Kier molecular flexibility index (Phi) is 4.67. The Labute approximate surface area is 157 Å². The van der Waals surface area contributed by atoms with Gasteiger partial charge in [-0.3, -0.25) is 19.4 Å². The van der Waals surface area contributed by atoms with E-state index in [1.807, 2.05) is 30.1 Å². The minimum atomic E-state index is -0.184. The molecule has 0 unspecified atom stereocenters. The zero-order valence-corrected chi connectivity index (χ0v) is 15.8. The van der Waals surface area contributed by atoms with Crippen LogP contribution in [0.25, 0.3) is 11.0 Å². The predicted octanol–water partition coefficient (Wildman–Crippen LogP) is 1.16. The van der Waals surface area contributed by atoms with Crippen molar-refractivity contribution in [2.75, 3.05) is 38.7 Å². The summed E-state index contributed by atoms with van der Waals surface area (Å²) in [5, 5.41) is 4.61. The molecule has 8 heteroatoms. The van der Waals surface area contributed by atoms with Crippen LogP contribution >= 0.6 is 0 Å². The number of hydrogen-bond donors (Lipinski definition) is 1. The smallest absolute Gasteiger partial charge is 0.263 e. The summed E-state index contributed by atoms with van der Waals surface area (Å²) in [6.07, 6.45) is 1.50. The molecule has 1 saturated heterocycles. The fraction of sp³-hybridized carbons (Fsp3) is 0.421. The molecule has 0 radical (unpaired) electrons. The first-order valence-corrected chi connectivity index (χ1v) is 9.04. The van der Waals surface area contributed by atoms with Gasteiger partial charge in [0, 0.05) is 27.2 Å². The monoisotopic (exact) mass is 368 g/mol. The summed E-state index contributed by atoms with van der Waals surface area (Å²) in [5.41, 5.74) is 1.61. The SMILES string of the molecule is CN(C[C@@H]1OCCN(C)[C@H]1c1ccccc1)c1nc2c(cnn2C)c(=O)[nH]1. The van der Waals surface area contributed by atoms with E-state index in [2.05, 4.69) is 39.1 Å². The Morgan fingerprint density at radius 3 is 2.85 bits per heavy atom. The summed E-state index contributed by atoms with van der Waals surface area (Å²) in [5.74, 6) is 0.514. The van der Waals surface area contributed by atoms with Crippen LogP contribution < -0.4 is 10.5 Å². The van der Waals surface area contributed by atoms with Crippen LogP contribution in [0.3, 0.4) is 0 Å². The predicted molar refractivity (Wildman–Crippen MR) is 104 cm³/mol. The fourth-order valence-electron chi connectivity index (χ4n) is 3.69. The highest BCUT2D eigenvalue weighted by atomic mass is 16.5. The van der Waals surface area contributed by atoms with Crippen LogP contribution in [0.15, 0.2) is 41.3 Å². The van der Waals surface area contributed by atoms with E-state index in [0.717, 1.165) is 6.54 Å². The molecular formula is C19H24N6O2. The molecule has 27 heavy (non-hydrogen) atoms. The van der Waals surface area contributed by atoms with Gasteiger partial charge in [-0.05, 0) is 12.6 Å². The van der Waals surface area contributed by atoms with Gasteiger partial charge in [0.25, 0.3) is 5.56 Å². The number of aromatic nitrogens is 4. The van der Waals surface area contributed by atoms with E-state index < -0.39 is 0 Å². The second-order valence-electron chi connectivity index (χ2n) is 7.02. The average molecular weight is 368 g/mol. The summed E-state index contributed by atoms with van der Waals surface area (Å²) < 4.78 is 7.72. The first-order chi connectivity index (χ1) is 13.0. The number of aryl methyl sites for hydroxylation is 1. The number of H-pyrrole nitrogens is 1. The van der Waals surface area contributed by atoms with Crippen molar-refractivity contribution in [1.29, 1.82) is 0 Å². The normalized spacial score (nSPS) is 20.9. The molecule has 0 amide bonds. The van der Waals surface area contributed by atoms with Crippen LogP contribution in [0.5, 0.6) is 0 Å². The van der Waals surface area contributed by atoms with E-state index in [0.29, 0.717) is 30.1 Å². The average Bonchev–Trinajstić information content (AvgIpc) is 3.04. The number of nitrogens with one attached hydrogen (secondary N) is 1. The van der Waals surface area contributed by atoms with Crippen LogP contribution in [-0.2, 0) is 11.8 Å². The number of morpholine rings is 1. The largest absolute Gasteiger partial charge is 0.373 e. The number of likely N-dealkylation sites (N-methyl/N-ethyl adjacent to an activating group) is 2. The number of aromatic amines is 1. The van der Waals surface area contributed by atoms with Gasteiger partial charge in [-0.25, -0.2) is 0 Å². The van der Waals surface area contributed by atoms with Crippen molar-refractivity contribution in [3.63, 3.8) is 0 Å². The van der Waals surface area contributed by atoms with E-state index in [1.54, 1.807) is 11.7 Å². The second-order valence-corrected chi connectivity index (χ2v) is 7.02. The van der Waals surface area contributed by atoms with E-state index >= 15 is 0 Å². The topological polar surface area (TPSA) is 79.3 Å². The molecule has 3 heterocycles. The van der Waals surface area contributed by atoms with Crippen molar-refractivity contribution < 1.29 is 4.74 Å². The van der Waals surface area contributed by atoms with Gasteiger partial charge in [0.1, 0.15) is 5.39 Å². The zero-order valence-electron chi connectivity index (χ0n) is 15.8. The molecule has 0 saturated carbocycles. The van der Waals surface area contributed by atoms with Gasteiger partial charge < -0.3 is 9.64 Å². The summed E-state index contributed by atoms with van der Waals surface area (Å²) in [4.78, 5) is 24.0. The molecule has 0 aliphatic carbocycles. The number of hydrogen-bond acceptors (Lipinski definition) is 6. The maximum Gasteiger partial charge on any atom is 0.263 e. The van der Waals surface area contributed by atoms with Gasteiger partial charge in [0.15, 0.2) is 5.65 Å². The van der Waals surface area contributed by atoms with Gasteiger partial charge in [0.2, 0.25) is 5.95 Å².